The lowest BCUT2D eigenvalue weighted by atomic mass is 9.96. The van der Waals surface area contributed by atoms with Gasteiger partial charge in [-0.15, -0.1) is 0 Å². The molecule has 1 fully saturated rings. The van der Waals surface area contributed by atoms with Gasteiger partial charge in [0, 0.05) is 25.2 Å². The fourth-order valence-electron chi connectivity index (χ4n) is 3.75. The molecule has 9 heteroatoms. The van der Waals surface area contributed by atoms with Gasteiger partial charge in [0.15, 0.2) is 11.5 Å². The van der Waals surface area contributed by atoms with Gasteiger partial charge in [0.05, 0.1) is 25.3 Å². The Balaban J connectivity index is 1.55. The van der Waals surface area contributed by atoms with E-state index >= 15 is 0 Å². The molecule has 32 heavy (non-hydrogen) atoms. The van der Waals surface area contributed by atoms with E-state index in [1.807, 2.05) is 0 Å². The standard InChI is InChI=1S/C23H25F3N2O4/c1-31-19-8-7-16(13-20(19)32-2)22(30)28-11-9-15(10-12-28)14-27-21(29)17-5-3-4-6-18(17)23(24,25)26/h3-8,13,15H,9-12,14H2,1-2H3,(H,27,29). The first-order valence-electron chi connectivity index (χ1n) is 10.2. The molecule has 0 spiro atoms. The third kappa shape index (κ3) is 5.33. The van der Waals surface area contributed by atoms with Crippen molar-refractivity contribution in [2.75, 3.05) is 33.9 Å². The Hall–Kier alpha value is -3.23. The van der Waals surface area contributed by atoms with Crippen LogP contribution in [0.3, 0.4) is 0 Å². The van der Waals surface area contributed by atoms with Gasteiger partial charge in [0.25, 0.3) is 11.8 Å². The molecule has 3 rings (SSSR count). The average Bonchev–Trinajstić information content (AvgIpc) is 2.81. The van der Waals surface area contributed by atoms with Gasteiger partial charge in [-0.1, -0.05) is 12.1 Å². The zero-order chi connectivity index (χ0) is 23.3. The van der Waals surface area contributed by atoms with Crippen LogP contribution < -0.4 is 14.8 Å². The normalized spacial score (nSPS) is 14.7. The molecule has 0 atom stereocenters. The minimum Gasteiger partial charge on any atom is -0.493 e. The van der Waals surface area contributed by atoms with Crippen LogP contribution in [0.1, 0.15) is 39.1 Å². The number of nitrogens with one attached hydrogen (secondary N) is 1. The first-order valence-corrected chi connectivity index (χ1v) is 10.2. The number of halogens is 3. The van der Waals surface area contributed by atoms with Gasteiger partial charge in [0.2, 0.25) is 0 Å². The Morgan fingerprint density at radius 2 is 1.69 bits per heavy atom. The fraction of sp³-hybridized carbons (Fsp3) is 0.391. The molecule has 0 saturated carbocycles. The number of amides is 2. The van der Waals surface area contributed by atoms with Crippen molar-refractivity contribution in [2.45, 2.75) is 19.0 Å². The van der Waals surface area contributed by atoms with Crippen LogP contribution in [0.15, 0.2) is 42.5 Å². The van der Waals surface area contributed by atoms with Gasteiger partial charge < -0.3 is 19.7 Å². The van der Waals surface area contributed by atoms with Crippen molar-refractivity contribution in [2.24, 2.45) is 5.92 Å². The summed E-state index contributed by atoms with van der Waals surface area (Å²) in [5.41, 5.74) is -0.855. The van der Waals surface area contributed by atoms with Gasteiger partial charge in [-0.05, 0) is 49.1 Å². The van der Waals surface area contributed by atoms with Crippen LogP contribution in [-0.4, -0.2) is 50.6 Å². The SMILES string of the molecule is COc1ccc(C(=O)N2CCC(CNC(=O)c3ccccc3C(F)(F)F)CC2)cc1OC. The van der Waals surface area contributed by atoms with Crippen molar-refractivity contribution >= 4 is 11.8 Å². The molecule has 6 nitrogen and oxygen atoms in total. The van der Waals surface area contributed by atoms with Crippen LogP contribution >= 0.6 is 0 Å². The first-order chi connectivity index (χ1) is 15.2. The van der Waals surface area contributed by atoms with Crippen molar-refractivity contribution in [3.8, 4) is 11.5 Å². The fourth-order valence-corrected chi connectivity index (χ4v) is 3.75. The summed E-state index contributed by atoms with van der Waals surface area (Å²) in [6, 6.07) is 9.70. The third-order valence-electron chi connectivity index (χ3n) is 5.56. The topological polar surface area (TPSA) is 67.9 Å². The minimum absolute atomic E-state index is 0.0754. The number of carbonyl (C=O) groups is 2. The molecule has 0 aromatic heterocycles. The Kier molecular flexibility index (Phi) is 7.27. The van der Waals surface area contributed by atoms with Crippen LogP contribution in [0.2, 0.25) is 0 Å². The molecule has 2 aromatic rings. The Morgan fingerprint density at radius 1 is 1.03 bits per heavy atom. The van der Waals surface area contributed by atoms with E-state index in [4.69, 9.17) is 9.47 Å². The first kappa shape index (κ1) is 23.4. The zero-order valence-electron chi connectivity index (χ0n) is 17.9. The molecule has 2 aromatic carbocycles. The molecule has 1 aliphatic rings. The molecule has 2 amide bonds. The number of hydrogen-bond donors (Lipinski definition) is 1. The number of ether oxygens (including phenoxy) is 2. The summed E-state index contributed by atoms with van der Waals surface area (Å²) in [7, 11) is 3.02. The quantitative estimate of drug-likeness (QED) is 0.722. The number of piperidine rings is 1. The molecular weight excluding hydrogens is 425 g/mol. The lowest BCUT2D eigenvalue weighted by molar-refractivity contribution is -0.137. The summed E-state index contributed by atoms with van der Waals surface area (Å²) in [5.74, 6) is 0.196. The number of alkyl halides is 3. The second kappa shape index (κ2) is 9.93. The van der Waals surface area contributed by atoms with E-state index < -0.39 is 17.6 Å². The molecule has 1 saturated heterocycles. The van der Waals surface area contributed by atoms with Gasteiger partial charge in [-0.2, -0.15) is 13.2 Å². The maximum atomic E-state index is 13.1. The van der Waals surface area contributed by atoms with Crippen LogP contribution in [0, 0.1) is 5.92 Å². The summed E-state index contributed by atoms with van der Waals surface area (Å²) in [6.45, 7) is 1.24. The van der Waals surface area contributed by atoms with Gasteiger partial charge in [-0.3, -0.25) is 9.59 Å². The van der Waals surface area contributed by atoms with Crippen molar-refractivity contribution in [1.29, 1.82) is 0 Å². The van der Waals surface area contributed by atoms with E-state index in [0.717, 1.165) is 6.07 Å². The maximum absolute atomic E-state index is 13.1. The minimum atomic E-state index is -4.59. The van der Waals surface area contributed by atoms with E-state index in [2.05, 4.69) is 5.32 Å². The molecule has 0 unspecified atom stereocenters. The van der Waals surface area contributed by atoms with E-state index in [0.29, 0.717) is 43.0 Å². The Labute approximate surface area is 184 Å². The van der Waals surface area contributed by atoms with Gasteiger partial charge in [-0.25, -0.2) is 0 Å². The molecular formula is C23H25F3N2O4. The van der Waals surface area contributed by atoms with Crippen LogP contribution in [0.5, 0.6) is 11.5 Å². The van der Waals surface area contributed by atoms with Crippen LogP contribution in [0.25, 0.3) is 0 Å². The molecule has 0 radical (unpaired) electrons. The highest BCUT2D eigenvalue weighted by molar-refractivity contribution is 5.96. The summed E-state index contributed by atoms with van der Waals surface area (Å²) in [5, 5.41) is 2.61. The predicted octanol–water partition coefficient (Wildman–Crippen LogP) is 4.00. The summed E-state index contributed by atoms with van der Waals surface area (Å²) < 4.78 is 49.8. The average molecular weight is 450 g/mol. The van der Waals surface area contributed by atoms with Crippen molar-refractivity contribution in [1.82, 2.24) is 10.2 Å². The molecule has 1 aliphatic heterocycles. The maximum Gasteiger partial charge on any atom is 0.417 e. The summed E-state index contributed by atoms with van der Waals surface area (Å²) in [6.07, 6.45) is -3.32. The number of likely N-dealkylation sites (tertiary alicyclic amines) is 1. The number of methoxy groups -OCH3 is 2. The highest BCUT2D eigenvalue weighted by Gasteiger charge is 2.35. The number of benzene rings is 2. The number of carbonyl (C=O) groups excluding carboxylic acids is 2. The van der Waals surface area contributed by atoms with E-state index in [1.165, 1.54) is 32.4 Å². The highest BCUT2D eigenvalue weighted by atomic mass is 19.4. The lowest BCUT2D eigenvalue weighted by Gasteiger charge is -2.32. The number of rotatable bonds is 6. The van der Waals surface area contributed by atoms with Crippen molar-refractivity contribution in [3.63, 3.8) is 0 Å². The van der Waals surface area contributed by atoms with Gasteiger partial charge in [0.1, 0.15) is 0 Å². The summed E-state index contributed by atoms with van der Waals surface area (Å²) >= 11 is 0. The van der Waals surface area contributed by atoms with E-state index in [1.54, 1.807) is 23.1 Å². The van der Waals surface area contributed by atoms with E-state index in [9.17, 15) is 22.8 Å². The lowest BCUT2D eigenvalue weighted by Crippen LogP contribution is -2.41. The van der Waals surface area contributed by atoms with Crippen molar-refractivity contribution < 1.29 is 32.2 Å². The van der Waals surface area contributed by atoms with Crippen LogP contribution in [0.4, 0.5) is 13.2 Å². The molecule has 1 N–H and O–H groups in total. The summed E-state index contributed by atoms with van der Waals surface area (Å²) in [4.78, 5) is 26.9. The predicted molar refractivity (Wildman–Crippen MR) is 112 cm³/mol. The molecule has 1 heterocycles. The second-order valence-corrected chi connectivity index (χ2v) is 7.56. The zero-order valence-corrected chi connectivity index (χ0v) is 17.9. The van der Waals surface area contributed by atoms with E-state index in [-0.39, 0.29) is 23.9 Å². The largest absolute Gasteiger partial charge is 0.493 e. The molecule has 0 aliphatic carbocycles. The molecule has 172 valence electrons. The smallest absolute Gasteiger partial charge is 0.417 e. The monoisotopic (exact) mass is 450 g/mol. The number of nitrogens with zero attached hydrogens (tertiary/aromatic N) is 1. The molecule has 0 bridgehead atoms. The highest BCUT2D eigenvalue weighted by Crippen LogP contribution is 2.32. The Morgan fingerprint density at radius 3 is 2.31 bits per heavy atom. The van der Waals surface area contributed by atoms with Crippen molar-refractivity contribution in [3.05, 3.63) is 59.2 Å². The second-order valence-electron chi connectivity index (χ2n) is 7.56. The third-order valence-corrected chi connectivity index (χ3v) is 5.56. The van der Waals surface area contributed by atoms with Gasteiger partial charge >= 0.3 is 6.18 Å². The Bertz CT molecular complexity index is 970. The van der Waals surface area contributed by atoms with Crippen LogP contribution in [-0.2, 0) is 6.18 Å². The number of hydrogen-bond acceptors (Lipinski definition) is 4.